The van der Waals surface area contributed by atoms with Gasteiger partial charge in [-0.15, -0.1) is 0 Å². The molecule has 0 saturated heterocycles. The lowest BCUT2D eigenvalue weighted by molar-refractivity contribution is 0.111. The van der Waals surface area contributed by atoms with Crippen LogP contribution in [0.4, 0.5) is 5.82 Å². The Morgan fingerprint density at radius 1 is 1.26 bits per heavy atom. The molecule has 0 aliphatic heterocycles. The molecule has 0 spiro atoms. The molecule has 0 amide bonds. The molecule has 2 rings (SSSR count). The molecule has 0 saturated carbocycles. The number of nitrogens with one attached hydrogen (secondary N) is 1. The van der Waals surface area contributed by atoms with Crippen molar-refractivity contribution < 1.29 is 4.74 Å². The summed E-state index contributed by atoms with van der Waals surface area (Å²) < 4.78 is 5.74. The fraction of sp³-hybridized carbons (Fsp3) is 0.438. The Balaban J connectivity index is 2.12. The van der Waals surface area contributed by atoms with E-state index in [1.165, 1.54) is 0 Å². The molecule has 1 aromatic heterocycles. The molecule has 0 fully saturated rings. The summed E-state index contributed by atoms with van der Waals surface area (Å²) in [5.41, 5.74) is 2.13. The van der Waals surface area contributed by atoms with E-state index in [1.807, 2.05) is 25.2 Å². The van der Waals surface area contributed by atoms with Gasteiger partial charge in [-0.3, -0.25) is 0 Å². The highest BCUT2D eigenvalue weighted by atomic mass is 16.5. The molecule has 1 aromatic carbocycles. The molecule has 0 atom stereocenters. The molecule has 102 valence electrons. The van der Waals surface area contributed by atoms with Crippen LogP contribution >= 0.6 is 0 Å². The van der Waals surface area contributed by atoms with Crippen LogP contribution < -0.4 is 5.32 Å². The molecule has 0 radical (unpaired) electrons. The maximum absolute atomic E-state index is 5.74. The highest BCUT2D eigenvalue weighted by molar-refractivity contribution is 5.81. The average molecular weight is 258 g/mol. The van der Waals surface area contributed by atoms with Gasteiger partial charge in [0.25, 0.3) is 0 Å². The lowest BCUT2D eigenvalue weighted by atomic mass is 10.1. The predicted octanol–water partition coefficient (Wildman–Crippen LogP) is 3.84. The molecule has 0 bridgehead atoms. The van der Waals surface area contributed by atoms with Crippen molar-refractivity contribution in [3.8, 4) is 0 Å². The third-order valence-electron chi connectivity index (χ3n) is 3.14. The van der Waals surface area contributed by atoms with Gasteiger partial charge in [0.2, 0.25) is 0 Å². The van der Waals surface area contributed by atoms with E-state index in [4.69, 9.17) is 4.74 Å². The van der Waals surface area contributed by atoms with Gasteiger partial charge in [0.15, 0.2) is 0 Å². The Morgan fingerprint density at radius 2 is 2.05 bits per heavy atom. The Hall–Kier alpha value is -1.61. The zero-order valence-corrected chi connectivity index (χ0v) is 11.9. The van der Waals surface area contributed by atoms with Gasteiger partial charge in [-0.05, 0) is 24.5 Å². The number of rotatable bonds is 6. The predicted molar refractivity (Wildman–Crippen MR) is 80.4 cm³/mol. The molecular formula is C16H22N2O. The molecular weight excluding hydrogens is 236 g/mol. The average Bonchev–Trinajstić information content (AvgIpc) is 2.42. The molecule has 2 aromatic rings. The molecule has 0 unspecified atom stereocenters. The lowest BCUT2D eigenvalue weighted by Gasteiger charge is -2.11. The lowest BCUT2D eigenvalue weighted by Crippen LogP contribution is -2.03. The normalized spacial score (nSPS) is 11.2. The number of pyridine rings is 1. The first-order chi connectivity index (χ1) is 9.20. The number of benzene rings is 1. The van der Waals surface area contributed by atoms with Crippen LogP contribution in [0.2, 0.25) is 0 Å². The second kappa shape index (κ2) is 6.53. The minimum absolute atomic E-state index is 0.612. The van der Waals surface area contributed by atoms with E-state index in [1.54, 1.807) is 0 Å². The third-order valence-corrected chi connectivity index (χ3v) is 3.14. The van der Waals surface area contributed by atoms with E-state index in [9.17, 15) is 0 Å². The van der Waals surface area contributed by atoms with Crippen molar-refractivity contribution in [3.63, 3.8) is 0 Å². The number of ether oxygens (including phenoxy) is 1. The van der Waals surface area contributed by atoms with E-state index in [0.717, 1.165) is 35.3 Å². The number of para-hydroxylation sites is 1. The van der Waals surface area contributed by atoms with Gasteiger partial charge >= 0.3 is 0 Å². The second-order valence-electron chi connectivity index (χ2n) is 5.17. The highest BCUT2D eigenvalue weighted by Gasteiger charge is 2.06. The van der Waals surface area contributed by atoms with Crippen LogP contribution in [0, 0.1) is 5.92 Å². The zero-order valence-electron chi connectivity index (χ0n) is 11.9. The van der Waals surface area contributed by atoms with Crippen LogP contribution in [0.15, 0.2) is 30.3 Å². The smallest absolute Gasteiger partial charge is 0.131 e. The van der Waals surface area contributed by atoms with E-state index in [0.29, 0.717) is 12.5 Å². The maximum atomic E-state index is 5.74. The first-order valence-corrected chi connectivity index (χ1v) is 6.85. The summed E-state index contributed by atoms with van der Waals surface area (Å²) in [6, 6.07) is 10.3. The van der Waals surface area contributed by atoms with Crippen molar-refractivity contribution in [2.45, 2.75) is 26.9 Å². The monoisotopic (exact) mass is 258 g/mol. The highest BCUT2D eigenvalue weighted by Crippen LogP contribution is 2.21. The van der Waals surface area contributed by atoms with E-state index >= 15 is 0 Å². The summed E-state index contributed by atoms with van der Waals surface area (Å²) in [7, 11) is 1.90. The molecule has 3 nitrogen and oxygen atoms in total. The largest absolute Gasteiger partial charge is 0.377 e. The number of fused-ring (bicyclic) bond motifs is 1. The standard InChI is InChI=1S/C16H22N2O/c1-12(2)8-9-19-11-14-10-13-6-4-5-7-15(13)18-16(14)17-3/h4-7,10,12H,8-9,11H2,1-3H3,(H,17,18). The quantitative estimate of drug-likeness (QED) is 0.799. The number of hydrogen-bond acceptors (Lipinski definition) is 3. The number of nitrogens with zero attached hydrogens (tertiary/aromatic N) is 1. The molecule has 19 heavy (non-hydrogen) atoms. The van der Waals surface area contributed by atoms with Crippen LogP contribution in [-0.4, -0.2) is 18.6 Å². The van der Waals surface area contributed by atoms with Crippen LogP contribution in [0.1, 0.15) is 25.8 Å². The third kappa shape index (κ3) is 3.67. The molecule has 0 aliphatic rings. The molecule has 0 aliphatic carbocycles. The Bertz CT molecular complexity index is 537. The van der Waals surface area contributed by atoms with Crippen molar-refractivity contribution in [2.24, 2.45) is 5.92 Å². The van der Waals surface area contributed by atoms with E-state index in [-0.39, 0.29) is 0 Å². The van der Waals surface area contributed by atoms with Crippen LogP contribution in [-0.2, 0) is 11.3 Å². The van der Waals surface area contributed by atoms with Crippen LogP contribution in [0.3, 0.4) is 0 Å². The van der Waals surface area contributed by atoms with E-state index < -0.39 is 0 Å². The van der Waals surface area contributed by atoms with Crippen molar-refractivity contribution in [3.05, 3.63) is 35.9 Å². The maximum Gasteiger partial charge on any atom is 0.131 e. The summed E-state index contributed by atoms with van der Waals surface area (Å²) in [6.07, 6.45) is 1.09. The molecule has 1 N–H and O–H groups in total. The first kappa shape index (κ1) is 13.8. The van der Waals surface area contributed by atoms with Crippen molar-refractivity contribution >= 4 is 16.7 Å². The fourth-order valence-electron chi connectivity index (χ4n) is 1.99. The Morgan fingerprint density at radius 3 is 2.79 bits per heavy atom. The number of aromatic nitrogens is 1. The number of anilines is 1. The van der Waals surface area contributed by atoms with Gasteiger partial charge in [-0.25, -0.2) is 4.98 Å². The van der Waals surface area contributed by atoms with Crippen LogP contribution in [0.25, 0.3) is 10.9 Å². The van der Waals surface area contributed by atoms with Crippen molar-refractivity contribution in [2.75, 3.05) is 19.0 Å². The molecule has 3 heteroatoms. The first-order valence-electron chi connectivity index (χ1n) is 6.85. The Labute approximate surface area is 115 Å². The van der Waals surface area contributed by atoms with Gasteiger partial charge < -0.3 is 10.1 Å². The molecule has 1 heterocycles. The van der Waals surface area contributed by atoms with Crippen LogP contribution in [0.5, 0.6) is 0 Å². The summed E-state index contributed by atoms with van der Waals surface area (Å²) >= 11 is 0. The summed E-state index contributed by atoms with van der Waals surface area (Å²) in [5.74, 6) is 1.58. The SMILES string of the molecule is CNc1nc2ccccc2cc1COCCC(C)C. The topological polar surface area (TPSA) is 34.2 Å². The number of hydrogen-bond donors (Lipinski definition) is 1. The van der Waals surface area contributed by atoms with Gasteiger partial charge in [-0.1, -0.05) is 32.0 Å². The summed E-state index contributed by atoms with van der Waals surface area (Å²) in [4.78, 5) is 4.62. The summed E-state index contributed by atoms with van der Waals surface area (Å²) in [6.45, 7) is 5.83. The second-order valence-corrected chi connectivity index (χ2v) is 5.17. The van der Waals surface area contributed by atoms with Gasteiger partial charge in [0.1, 0.15) is 5.82 Å². The van der Waals surface area contributed by atoms with E-state index in [2.05, 4.69) is 36.3 Å². The minimum atomic E-state index is 0.612. The minimum Gasteiger partial charge on any atom is -0.377 e. The Kier molecular flexibility index (Phi) is 4.74. The van der Waals surface area contributed by atoms with Crippen molar-refractivity contribution in [1.29, 1.82) is 0 Å². The zero-order chi connectivity index (χ0) is 13.7. The fourth-order valence-corrected chi connectivity index (χ4v) is 1.99. The van der Waals surface area contributed by atoms with Crippen molar-refractivity contribution in [1.82, 2.24) is 4.98 Å². The van der Waals surface area contributed by atoms with Gasteiger partial charge in [-0.2, -0.15) is 0 Å². The van der Waals surface area contributed by atoms with Gasteiger partial charge in [0, 0.05) is 24.6 Å². The van der Waals surface area contributed by atoms with Gasteiger partial charge in [0.05, 0.1) is 12.1 Å². The summed E-state index contributed by atoms with van der Waals surface area (Å²) in [5, 5.41) is 4.30.